The zero-order valence-corrected chi connectivity index (χ0v) is 10.1. The highest BCUT2D eigenvalue weighted by molar-refractivity contribution is 5.41. The molecule has 2 nitrogen and oxygen atoms in total. The van der Waals surface area contributed by atoms with Gasteiger partial charge >= 0.3 is 0 Å². The molecule has 0 radical (unpaired) electrons. The van der Waals surface area contributed by atoms with Crippen molar-refractivity contribution in [2.45, 2.75) is 25.2 Å². The molecule has 0 spiro atoms. The number of rotatable bonds is 3. The van der Waals surface area contributed by atoms with E-state index >= 15 is 0 Å². The second kappa shape index (κ2) is 4.61. The molecule has 0 aromatic heterocycles. The fourth-order valence-corrected chi connectivity index (χ4v) is 2.26. The lowest BCUT2D eigenvalue weighted by atomic mass is 9.94. The van der Waals surface area contributed by atoms with Crippen molar-refractivity contribution in [1.82, 2.24) is 5.32 Å². The summed E-state index contributed by atoms with van der Waals surface area (Å²) in [5.41, 5.74) is 0.941. The lowest BCUT2D eigenvalue weighted by molar-refractivity contribution is 0.0150. The van der Waals surface area contributed by atoms with Gasteiger partial charge in [-0.1, -0.05) is 6.07 Å². The number of hydrogen-bond acceptors (Lipinski definition) is 2. The number of halogens is 2. The second-order valence-corrected chi connectivity index (χ2v) is 4.54. The Morgan fingerprint density at radius 3 is 2.71 bits per heavy atom. The third kappa shape index (κ3) is 2.57. The molecule has 0 amide bonds. The van der Waals surface area contributed by atoms with E-state index in [2.05, 4.69) is 5.32 Å². The smallest absolute Gasteiger partial charge is 0.274 e. The Morgan fingerprint density at radius 1 is 1.41 bits per heavy atom. The summed E-state index contributed by atoms with van der Waals surface area (Å²) in [6.07, 6.45) is 1.00. The predicted octanol–water partition coefficient (Wildman–Crippen LogP) is 2.88. The summed E-state index contributed by atoms with van der Waals surface area (Å²) in [5.74, 6) is -2.28. The SMILES string of the molecule is COc1ccc(C2CCNC2)cc1C(C)(F)F. The van der Waals surface area contributed by atoms with E-state index in [4.69, 9.17) is 4.74 Å². The van der Waals surface area contributed by atoms with E-state index in [1.165, 1.54) is 7.11 Å². The van der Waals surface area contributed by atoms with Gasteiger partial charge in [-0.05, 0) is 36.6 Å². The number of benzene rings is 1. The topological polar surface area (TPSA) is 21.3 Å². The van der Waals surface area contributed by atoms with Crippen LogP contribution in [0.1, 0.15) is 30.4 Å². The zero-order valence-electron chi connectivity index (χ0n) is 10.1. The average molecular weight is 241 g/mol. The van der Waals surface area contributed by atoms with E-state index in [9.17, 15) is 8.78 Å². The van der Waals surface area contributed by atoms with Gasteiger partial charge in [-0.15, -0.1) is 0 Å². The first-order chi connectivity index (χ1) is 8.02. The molecule has 1 aromatic carbocycles. The Bertz CT molecular complexity index is 395. The van der Waals surface area contributed by atoms with Gasteiger partial charge in [0, 0.05) is 13.5 Å². The Morgan fingerprint density at radius 2 is 2.18 bits per heavy atom. The number of hydrogen-bond donors (Lipinski definition) is 1. The summed E-state index contributed by atoms with van der Waals surface area (Å²) in [7, 11) is 1.42. The van der Waals surface area contributed by atoms with Crippen molar-refractivity contribution in [2.24, 2.45) is 0 Å². The van der Waals surface area contributed by atoms with Crippen LogP contribution in [0.15, 0.2) is 18.2 Å². The van der Waals surface area contributed by atoms with Crippen LogP contribution in [-0.2, 0) is 5.92 Å². The molecule has 1 fully saturated rings. The molecule has 1 aliphatic rings. The van der Waals surface area contributed by atoms with E-state index in [1.807, 2.05) is 6.07 Å². The molecule has 1 saturated heterocycles. The van der Waals surface area contributed by atoms with Crippen molar-refractivity contribution >= 4 is 0 Å². The largest absolute Gasteiger partial charge is 0.496 e. The summed E-state index contributed by atoms with van der Waals surface area (Å²) in [6.45, 7) is 2.72. The zero-order chi connectivity index (χ0) is 12.5. The number of alkyl halides is 2. The fourth-order valence-electron chi connectivity index (χ4n) is 2.26. The molecule has 1 aliphatic heterocycles. The van der Waals surface area contributed by atoms with Crippen LogP contribution in [0.2, 0.25) is 0 Å². The lowest BCUT2D eigenvalue weighted by Crippen LogP contribution is -2.12. The number of methoxy groups -OCH3 is 1. The summed E-state index contributed by atoms with van der Waals surface area (Å²) in [5, 5.41) is 3.24. The number of ether oxygens (including phenoxy) is 1. The molecule has 1 atom stereocenters. The van der Waals surface area contributed by atoms with Crippen LogP contribution in [0, 0.1) is 0 Å². The van der Waals surface area contributed by atoms with E-state index in [1.54, 1.807) is 12.1 Å². The van der Waals surface area contributed by atoms with E-state index in [0.717, 1.165) is 32.0 Å². The molecule has 1 N–H and O–H groups in total. The van der Waals surface area contributed by atoms with Gasteiger partial charge in [-0.25, -0.2) is 8.78 Å². The first-order valence-corrected chi connectivity index (χ1v) is 5.79. The minimum absolute atomic E-state index is 0.0237. The maximum atomic E-state index is 13.5. The van der Waals surface area contributed by atoms with Crippen LogP contribution in [0.3, 0.4) is 0 Å². The first-order valence-electron chi connectivity index (χ1n) is 5.79. The van der Waals surface area contributed by atoms with Crippen molar-refractivity contribution in [3.8, 4) is 5.75 Å². The van der Waals surface area contributed by atoms with Gasteiger partial charge in [0.05, 0.1) is 12.7 Å². The summed E-state index contributed by atoms with van der Waals surface area (Å²) in [6, 6.07) is 5.10. The van der Waals surface area contributed by atoms with Crippen LogP contribution in [0.4, 0.5) is 8.78 Å². The minimum Gasteiger partial charge on any atom is -0.496 e. The molecule has 17 heavy (non-hydrogen) atoms. The highest BCUT2D eigenvalue weighted by atomic mass is 19.3. The molecule has 1 aromatic rings. The molecule has 0 bridgehead atoms. The Hall–Kier alpha value is -1.16. The molecule has 1 heterocycles. The Kier molecular flexibility index (Phi) is 3.33. The highest BCUT2D eigenvalue weighted by Crippen LogP contribution is 2.37. The maximum absolute atomic E-state index is 13.5. The van der Waals surface area contributed by atoms with Crippen molar-refractivity contribution in [3.05, 3.63) is 29.3 Å². The highest BCUT2D eigenvalue weighted by Gasteiger charge is 2.30. The van der Waals surface area contributed by atoms with Gasteiger partial charge in [0.2, 0.25) is 0 Å². The maximum Gasteiger partial charge on any atom is 0.274 e. The lowest BCUT2D eigenvalue weighted by Gasteiger charge is -2.18. The Labute approximate surface area is 100.0 Å². The average Bonchev–Trinajstić information content (AvgIpc) is 2.80. The standard InChI is InChI=1S/C13H17F2NO/c1-13(14,15)11-7-9(3-4-12(11)17-2)10-5-6-16-8-10/h3-4,7,10,16H,5-6,8H2,1-2H3. The van der Waals surface area contributed by atoms with Crippen LogP contribution in [-0.4, -0.2) is 20.2 Å². The molecule has 4 heteroatoms. The van der Waals surface area contributed by atoms with Crippen LogP contribution < -0.4 is 10.1 Å². The normalized spacial score (nSPS) is 20.6. The second-order valence-electron chi connectivity index (χ2n) is 4.54. The van der Waals surface area contributed by atoms with Crippen LogP contribution in [0.5, 0.6) is 5.75 Å². The fraction of sp³-hybridized carbons (Fsp3) is 0.538. The predicted molar refractivity (Wildman–Crippen MR) is 62.8 cm³/mol. The van der Waals surface area contributed by atoms with Gasteiger partial charge < -0.3 is 10.1 Å². The first kappa shape index (κ1) is 12.3. The molecule has 1 unspecified atom stereocenters. The van der Waals surface area contributed by atoms with E-state index in [0.29, 0.717) is 5.92 Å². The monoisotopic (exact) mass is 241 g/mol. The van der Waals surface area contributed by atoms with Crippen molar-refractivity contribution < 1.29 is 13.5 Å². The Balaban J connectivity index is 2.37. The molecule has 0 saturated carbocycles. The van der Waals surface area contributed by atoms with Gasteiger partial charge in [0.15, 0.2) is 0 Å². The van der Waals surface area contributed by atoms with Crippen molar-refractivity contribution in [2.75, 3.05) is 20.2 Å². The van der Waals surface area contributed by atoms with Gasteiger partial charge in [0.1, 0.15) is 5.75 Å². The van der Waals surface area contributed by atoms with E-state index in [-0.39, 0.29) is 11.3 Å². The summed E-state index contributed by atoms with van der Waals surface area (Å²) >= 11 is 0. The third-order valence-electron chi connectivity index (χ3n) is 3.23. The third-order valence-corrected chi connectivity index (χ3v) is 3.23. The molecule has 2 rings (SSSR count). The van der Waals surface area contributed by atoms with Crippen molar-refractivity contribution in [1.29, 1.82) is 0 Å². The number of nitrogens with one attached hydrogen (secondary N) is 1. The molecule has 0 aliphatic carbocycles. The summed E-state index contributed by atoms with van der Waals surface area (Å²) < 4.78 is 31.9. The minimum atomic E-state index is -2.87. The van der Waals surface area contributed by atoms with Gasteiger partial charge in [0.25, 0.3) is 5.92 Å². The van der Waals surface area contributed by atoms with Gasteiger partial charge in [-0.3, -0.25) is 0 Å². The van der Waals surface area contributed by atoms with Gasteiger partial charge in [-0.2, -0.15) is 0 Å². The molecular weight excluding hydrogens is 224 g/mol. The van der Waals surface area contributed by atoms with Crippen LogP contribution >= 0.6 is 0 Å². The quantitative estimate of drug-likeness (QED) is 0.878. The molecular formula is C13H17F2NO. The van der Waals surface area contributed by atoms with Crippen LogP contribution in [0.25, 0.3) is 0 Å². The van der Waals surface area contributed by atoms with Crippen molar-refractivity contribution in [3.63, 3.8) is 0 Å². The summed E-state index contributed by atoms with van der Waals surface area (Å²) in [4.78, 5) is 0. The van der Waals surface area contributed by atoms with E-state index < -0.39 is 5.92 Å². The molecule has 94 valence electrons.